The zero-order valence-electron chi connectivity index (χ0n) is 8.53. The summed E-state index contributed by atoms with van der Waals surface area (Å²) < 4.78 is 5.14. The lowest BCUT2D eigenvalue weighted by atomic mass is 10.3. The van der Waals surface area contributed by atoms with Crippen molar-refractivity contribution >= 4 is 16.9 Å². The summed E-state index contributed by atoms with van der Waals surface area (Å²) in [4.78, 5) is 8.19. The predicted octanol–water partition coefficient (Wildman–Crippen LogP) is 0.687. The first-order valence-electron chi connectivity index (χ1n) is 4.84. The van der Waals surface area contributed by atoms with Crippen LogP contribution in [0.4, 0.5) is 5.82 Å². The number of hydrogen-bond acceptors (Lipinski definition) is 6. The summed E-state index contributed by atoms with van der Waals surface area (Å²) in [6.07, 6.45) is 2.38. The molecule has 0 bridgehead atoms. The number of nitrogens with zero attached hydrogens (tertiary/aromatic N) is 3. The van der Waals surface area contributed by atoms with Gasteiger partial charge in [-0.05, 0) is 19.9 Å². The monoisotopic (exact) mass is 207 g/mol. The second-order valence-corrected chi connectivity index (χ2v) is 3.24. The van der Waals surface area contributed by atoms with E-state index in [4.69, 9.17) is 10.3 Å². The maximum atomic E-state index is 5.40. The minimum absolute atomic E-state index is 0.604. The first kappa shape index (κ1) is 9.85. The fraction of sp³-hybridized carbons (Fsp3) is 0.444. The summed E-state index contributed by atoms with van der Waals surface area (Å²) in [6.45, 7) is 3.27. The highest BCUT2D eigenvalue weighted by molar-refractivity contribution is 5.84. The van der Waals surface area contributed by atoms with Crippen molar-refractivity contribution in [2.75, 3.05) is 18.4 Å². The highest BCUT2D eigenvalue weighted by Crippen LogP contribution is 2.20. The number of hydrogen-bond donors (Lipinski definition) is 2. The van der Waals surface area contributed by atoms with Gasteiger partial charge < -0.3 is 15.6 Å². The summed E-state index contributed by atoms with van der Waals surface area (Å²) in [5, 5.41) is 6.98. The molecule has 0 fully saturated rings. The maximum absolute atomic E-state index is 5.40. The van der Waals surface area contributed by atoms with E-state index in [-0.39, 0.29) is 0 Å². The van der Waals surface area contributed by atoms with Gasteiger partial charge in [0.15, 0.2) is 5.82 Å². The molecule has 80 valence electrons. The Morgan fingerprint density at radius 2 is 2.33 bits per heavy atom. The molecule has 2 aromatic rings. The molecule has 0 saturated heterocycles. The van der Waals surface area contributed by atoms with E-state index in [1.165, 1.54) is 6.33 Å². The topological polar surface area (TPSA) is 89.9 Å². The number of rotatable bonds is 4. The minimum Gasteiger partial charge on any atom is -0.367 e. The van der Waals surface area contributed by atoms with Crippen molar-refractivity contribution in [1.82, 2.24) is 15.1 Å². The Morgan fingerprint density at radius 1 is 1.47 bits per heavy atom. The van der Waals surface area contributed by atoms with Gasteiger partial charge in [0.1, 0.15) is 17.5 Å². The molecule has 0 spiro atoms. The molecule has 2 rings (SSSR count). The Bertz CT molecular complexity index is 453. The van der Waals surface area contributed by atoms with E-state index in [1.807, 2.05) is 6.92 Å². The highest BCUT2D eigenvalue weighted by Gasteiger charge is 2.10. The van der Waals surface area contributed by atoms with Gasteiger partial charge in [0, 0.05) is 6.54 Å². The first-order chi connectivity index (χ1) is 7.33. The standard InChI is InChI=1S/C9H13N5O/c1-6-7-8(15-14-6)9(13-5-12-7)11-4-2-3-10/h5H,2-4,10H2,1H3,(H,11,12,13). The lowest BCUT2D eigenvalue weighted by Crippen LogP contribution is -2.09. The van der Waals surface area contributed by atoms with Crippen molar-refractivity contribution in [2.24, 2.45) is 5.73 Å². The molecule has 3 N–H and O–H groups in total. The summed E-state index contributed by atoms with van der Waals surface area (Å²) in [5.41, 5.74) is 7.53. The average Bonchev–Trinajstić information content (AvgIpc) is 2.62. The lowest BCUT2D eigenvalue weighted by Gasteiger charge is -2.02. The summed E-state index contributed by atoms with van der Waals surface area (Å²) in [7, 11) is 0. The van der Waals surface area contributed by atoms with Gasteiger partial charge in [-0.25, -0.2) is 9.97 Å². The molecule has 0 saturated carbocycles. The van der Waals surface area contributed by atoms with Crippen molar-refractivity contribution in [3.8, 4) is 0 Å². The predicted molar refractivity (Wildman–Crippen MR) is 56.5 cm³/mol. The number of nitrogens with one attached hydrogen (secondary N) is 1. The van der Waals surface area contributed by atoms with E-state index in [1.54, 1.807) is 0 Å². The number of aryl methyl sites for hydroxylation is 1. The molecule has 6 nitrogen and oxygen atoms in total. The van der Waals surface area contributed by atoms with Crippen LogP contribution < -0.4 is 11.1 Å². The van der Waals surface area contributed by atoms with E-state index < -0.39 is 0 Å². The fourth-order valence-corrected chi connectivity index (χ4v) is 1.31. The van der Waals surface area contributed by atoms with Crippen LogP contribution in [0.1, 0.15) is 12.1 Å². The van der Waals surface area contributed by atoms with E-state index >= 15 is 0 Å². The third kappa shape index (κ3) is 1.89. The smallest absolute Gasteiger partial charge is 0.227 e. The Labute approximate surface area is 86.9 Å². The highest BCUT2D eigenvalue weighted by atomic mass is 16.5. The van der Waals surface area contributed by atoms with Gasteiger partial charge in [-0.2, -0.15) is 0 Å². The molecule has 2 aromatic heterocycles. The molecule has 15 heavy (non-hydrogen) atoms. The summed E-state index contributed by atoms with van der Waals surface area (Å²) in [6, 6.07) is 0. The van der Waals surface area contributed by atoms with Gasteiger partial charge in [0.25, 0.3) is 0 Å². The van der Waals surface area contributed by atoms with Crippen LogP contribution in [-0.4, -0.2) is 28.2 Å². The molecule has 0 aromatic carbocycles. The SMILES string of the molecule is Cc1noc2c(NCCCN)ncnc12. The summed E-state index contributed by atoms with van der Waals surface area (Å²) >= 11 is 0. The largest absolute Gasteiger partial charge is 0.367 e. The second kappa shape index (κ2) is 4.22. The van der Waals surface area contributed by atoms with Gasteiger partial charge in [0.2, 0.25) is 5.58 Å². The molecular weight excluding hydrogens is 194 g/mol. The van der Waals surface area contributed by atoms with Crippen LogP contribution in [-0.2, 0) is 0 Å². The molecule has 0 amide bonds. The zero-order chi connectivity index (χ0) is 10.7. The molecular formula is C9H13N5O. The van der Waals surface area contributed by atoms with E-state index in [2.05, 4.69) is 20.4 Å². The quantitative estimate of drug-likeness (QED) is 0.717. The Balaban J connectivity index is 2.26. The minimum atomic E-state index is 0.604. The molecule has 2 heterocycles. The van der Waals surface area contributed by atoms with Gasteiger partial charge >= 0.3 is 0 Å². The Kier molecular flexibility index (Phi) is 2.77. The van der Waals surface area contributed by atoms with Crippen LogP contribution in [0.5, 0.6) is 0 Å². The van der Waals surface area contributed by atoms with Gasteiger partial charge in [-0.1, -0.05) is 5.16 Å². The van der Waals surface area contributed by atoms with Crippen molar-refractivity contribution in [1.29, 1.82) is 0 Å². The van der Waals surface area contributed by atoms with Crippen LogP contribution in [0.25, 0.3) is 11.1 Å². The number of fused-ring (bicyclic) bond motifs is 1. The average molecular weight is 207 g/mol. The Morgan fingerprint density at radius 3 is 3.13 bits per heavy atom. The molecule has 0 aliphatic rings. The fourth-order valence-electron chi connectivity index (χ4n) is 1.31. The number of aromatic nitrogens is 3. The molecule has 0 aliphatic carbocycles. The molecule has 0 atom stereocenters. The van der Waals surface area contributed by atoms with Gasteiger partial charge in [0.05, 0.1) is 0 Å². The third-order valence-corrected chi connectivity index (χ3v) is 2.09. The zero-order valence-corrected chi connectivity index (χ0v) is 8.53. The van der Waals surface area contributed by atoms with Crippen LogP contribution in [0.2, 0.25) is 0 Å². The van der Waals surface area contributed by atoms with E-state index in [9.17, 15) is 0 Å². The molecule has 0 aliphatic heterocycles. The van der Waals surface area contributed by atoms with Gasteiger partial charge in [-0.15, -0.1) is 0 Å². The number of anilines is 1. The molecule has 0 radical (unpaired) electrons. The normalized spacial score (nSPS) is 10.8. The van der Waals surface area contributed by atoms with Crippen LogP contribution in [0.15, 0.2) is 10.9 Å². The summed E-state index contributed by atoms with van der Waals surface area (Å²) in [5.74, 6) is 0.675. The number of nitrogens with two attached hydrogens (primary N) is 1. The first-order valence-corrected chi connectivity index (χ1v) is 4.84. The van der Waals surface area contributed by atoms with Crippen LogP contribution in [0.3, 0.4) is 0 Å². The molecule has 0 unspecified atom stereocenters. The van der Waals surface area contributed by atoms with Crippen LogP contribution in [0, 0.1) is 6.92 Å². The van der Waals surface area contributed by atoms with Crippen molar-refractivity contribution in [3.63, 3.8) is 0 Å². The van der Waals surface area contributed by atoms with Crippen molar-refractivity contribution in [2.45, 2.75) is 13.3 Å². The lowest BCUT2D eigenvalue weighted by molar-refractivity contribution is 0.450. The van der Waals surface area contributed by atoms with Crippen molar-refractivity contribution < 1.29 is 4.52 Å². The molecule has 6 heteroatoms. The third-order valence-electron chi connectivity index (χ3n) is 2.09. The van der Waals surface area contributed by atoms with E-state index in [0.29, 0.717) is 17.9 Å². The second-order valence-electron chi connectivity index (χ2n) is 3.24. The van der Waals surface area contributed by atoms with E-state index in [0.717, 1.165) is 24.2 Å². The van der Waals surface area contributed by atoms with Crippen LogP contribution >= 0.6 is 0 Å². The van der Waals surface area contributed by atoms with Gasteiger partial charge in [-0.3, -0.25) is 0 Å². The van der Waals surface area contributed by atoms with Crippen molar-refractivity contribution in [3.05, 3.63) is 12.0 Å². The Hall–Kier alpha value is -1.69. The maximum Gasteiger partial charge on any atom is 0.227 e.